The van der Waals surface area contributed by atoms with E-state index >= 15 is 0 Å². The Morgan fingerprint density at radius 2 is 1.97 bits per heavy atom. The third-order valence-corrected chi connectivity index (χ3v) is 5.21. The maximum absolute atomic E-state index is 14.2. The molecule has 3 rings (SSSR count). The molecule has 1 aromatic carbocycles. The number of ether oxygens (including phenoxy) is 1. The van der Waals surface area contributed by atoms with E-state index in [0.29, 0.717) is 6.92 Å². The standard InChI is InChI=1S/C20H23F2N3O4S/c1-20(21,22)18-17(29-14-7-5-4-6-8-14)16(25(2)24-18)19(26)23-15(13-9-10-13)11-12-30(3,27)28/h4-8,11-13,15H,9-10H2,1-3H3,(H,23,26)/b12-11+/t15-/m1/s1. The van der Waals surface area contributed by atoms with Gasteiger partial charge in [0.15, 0.2) is 27.0 Å². The highest BCUT2D eigenvalue weighted by Crippen LogP contribution is 2.39. The first-order valence-electron chi connectivity index (χ1n) is 9.33. The summed E-state index contributed by atoms with van der Waals surface area (Å²) in [4.78, 5) is 13.0. The molecular weight excluding hydrogens is 416 g/mol. The van der Waals surface area contributed by atoms with Crippen LogP contribution in [0.4, 0.5) is 8.78 Å². The SMILES string of the molecule is Cn1nc(C(C)(F)F)c(Oc2ccccc2)c1C(=O)N[C@H](/C=C/S(C)(=O)=O)C1CC1. The number of amides is 1. The third-order valence-electron chi connectivity index (χ3n) is 4.56. The molecule has 1 amide bonds. The number of rotatable bonds is 8. The highest BCUT2D eigenvalue weighted by molar-refractivity contribution is 7.93. The molecule has 0 radical (unpaired) electrons. The van der Waals surface area contributed by atoms with E-state index in [9.17, 15) is 22.0 Å². The predicted molar refractivity (Wildman–Crippen MR) is 107 cm³/mol. The van der Waals surface area contributed by atoms with Gasteiger partial charge in [0.25, 0.3) is 11.8 Å². The van der Waals surface area contributed by atoms with Crippen molar-refractivity contribution in [2.45, 2.75) is 31.7 Å². The molecule has 1 atom stereocenters. The van der Waals surface area contributed by atoms with Gasteiger partial charge in [0.1, 0.15) is 5.75 Å². The summed E-state index contributed by atoms with van der Waals surface area (Å²) in [6, 6.07) is 7.70. The second-order valence-corrected chi connectivity index (χ2v) is 9.38. The molecule has 162 valence electrons. The quantitative estimate of drug-likeness (QED) is 0.681. The number of para-hydroxylation sites is 1. The molecule has 10 heteroatoms. The van der Waals surface area contributed by atoms with Gasteiger partial charge in [0.05, 0.1) is 6.04 Å². The van der Waals surface area contributed by atoms with Crippen molar-refractivity contribution in [1.29, 1.82) is 0 Å². The number of halogens is 2. The molecule has 1 N–H and O–H groups in total. The van der Waals surface area contributed by atoms with Gasteiger partial charge >= 0.3 is 0 Å². The Bertz CT molecular complexity index is 1060. The molecule has 1 aromatic heterocycles. The van der Waals surface area contributed by atoms with Crippen LogP contribution in [0, 0.1) is 5.92 Å². The molecule has 1 heterocycles. The number of alkyl halides is 2. The largest absolute Gasteiger partial charge is 0.453 e. The highest BCUT2D eigenvalue weighted by atomic mass is 32.2. The minimum Gasteiger partial charge on any atom is -0.453 e. The summed E-state index contributed by atoms with van der Waals surface area (Å²) >= 11 is 0. The maximum Gasteiger partial charge on any atom is 0.292 e. The minimum absolute atomic E-state index is 0.0887. The lowest BCUT2D eigenvalue weighted by Gasteiger charge is -2.16. The molecule has 30 heavy (non-hydrogen) atoms. The number of nitrogens with one attached hydrogen (secondary N) is 1. The number of benzene rings is 1. The molecule has 1 fully saturated rings. The Hall–Kier alpha value is -2.75. The Labute approximate surface area is 173 Å². The lowest BCUT2D eigenvalue weighted by atomic mass is 10.1. The van der Waals surface area contributed by atoms with E-state index in [-0.39, 0.29) is 23.1 Å². The van der Waals surface area contributed by atoms with Gasteiger partial charge in [-0.2, -0.15) is 13.9 Å². The first kappa shape index (κ1) is 21.9. The van der Waals surface area contributed by atoms with Gasteiger partial charge in [-0.25, -0.2) is 8.42 Å². The summed E-state index contributed by atoms with van der Waals surface area (Å²) in [6.07, 6.45) is 4.12. The molecule has 0 spiro atoms. The fourth-order valence-corrected chi connectivity index (χ4v) is 3.43. The number of aryl methyl sites for hydroxylation is 1. The summed E-state index contributed by atoms with van der Waals surface area (Å²) in [6.45, 7) is 0.677. The van der Waals surface area contributed by atoms with Crippen molar-refractivity contribution in [2.75, 3.05) is 6.26 Å². The summed E-state index contributed by atoms with van der Waals surface area (Å²) in [5.41, 5.74) is -0.831. The zero-order chi connectivity index (χ0) is 22.1. The monoisotopic (exact) mass is 439 g/mol. The summed E-state index contributed by atoms with van der Waals surface area (Å²) in [5, 5.41) is 7.58. The van der Waals surface area contributed by atoms with Crippen LogP contribution in [0.25, 0.3) is 0 Å². The molecule has 0 aliphatic heterocycles. The number of hydrogen-bond acceptors (Lipinski definition) is 5. The van der Waals surface area contributed by atoms with E-state index in [2.05, 4.69) is 10.4 Å². The summed E-state index contributed by atoms with van der Waals surface area (Å²) in [7, 11) is -2.00. The van der Waals surface area contributed by atoms with Crippen LogP contribution in [0.2, 0.25) is 0 Å². The van der Waals surface area contributed by atoms with Crippen LogP contribution in [0.3, 0.4) is 0 Å². The van der Waals surface area contributed by atoms with Crippen molar-refractivity contribution in [3.63, 3.8) is 0 Å². The van der Waals surface area contributed by atoms with Crippen LogP contribution in [0.1, 0.15) is 35.9 Å². The topological polar surface area (TPSA) is 90.3 Å². The number of hydrogen-bond donors (Lipinski definition) is 1. The van der Waals surface area contributed by atoms with Gasteiger partial charge in [0.2, 0.25) is 0 Å². The van der Waals surface area contributed by atoms with Gasteiger partial charge < -0.3 is 10.1 Å². The van der Waals surface area contributed by atoms with Gasteiger partial charge in [-0.05, 0) is 30.9 Å². The van der Waals surface area contributed by atoms with Crippen LogP contribution in [-0.2, 0) is 22.8 Å². The Kier molecular flexibility index (Phi) is 5.98. The number of sulfone groups is 1. The molecule has 7 nitrogen and oxygen atoms in total. The van der Waals surface area contributed by atoms with Crippen LogP contribution in [-0.4, -0.2) is 36.4 Å². The number of carbonyl (C=O) groups excluding carboxylic acids is 1. The molecule has 2 aromatic rings. The molecule has 1 aliphatic carbocycles. The van der Waals surface area contributed by atoms with E-state index in [1.165, 1.54) is 13.1 Å². The molecule has 0 bridgehead atoms. The average molecular weight is 439 g/mol. The average Bonchev–Trinajstić information content (AvgIpc) is 3.42. The number of carbonyl (C=O) groups is 1. The molecule has 1 aliphatic rings. The lowest BCUT2D eigenvalue weighted by molar-refractivity contribution is 0.0103. The van der Waals surface area contributed by atoms with Crippen molar-refractivity contribution < 1.29 is 26.7 Å². The smallest absolute Gasteiger partial charge is 0.292 e. The minimum atomic E-state index is -3.37. The number of nitrogens with zero attached hydrogens (tertiary/aromatic N) is 2. The summed E-state index contributed by atoms with van der Waals surface area (Å²) in [5.74, 6) is -3.99. The van der Waals surface area contributed by atoms with Crippen molar-refractivity contribution in [3.8, 4) is 11.5 Å². The maximum atomic E-state index is 14.2. The first-order chi connectivity index (χ1) is 14.0. The van der Waals surface area contributed by atoms with Gasteiger partial charge in [0, 0.05) is 25.6 Å². The molecule has 0 unspecified atom stereocenters. The van der Waals surface area contributed by atoms with Gasteiger partial charge in [-0.1, -0.05) is 24.3 Å². The fourth-order valence-electron chi connectivity index (χ4n) is 2.97. The van der Waals surface area contributed by atoms with Crippen LogP contribution < -0.4 is 10.1 Å². The fraction of sp³-hybridized carbons (Fsp3) is 0.400. The van der Waals surface area contributed by atoms with Gasteiger partial charge in [-0.15, -0.1) is 0 Å². The predicted octanol–water partition coefficient (Wildman–Crippen LogP) is 3.39. The van der Waals surface area contributed by atoms with E-state index in [4.69, 9.17) is 4.74 Å². The van der Waals surface area contributed by atoms with E-state index < -0.39 is 33.4 Å². The molecule has 1 saturated carbocycles. The second kappa shape index (κ2) is 8.17. The third kappa shape index (κ3) is 5.44. The van der Waals surface area contributed by atoms with Crippen LogP contribution in [0.5, 0.6) is 11.5 Å². The normalized spacial score (nSPS) is 15.9. The van der Waals surface area contributed by atoms with Crippen LogP contribution in [0.15, 0.2) is 41.8 Å². The Morgan fingerprint density at radius 3 is 2.50 bits per heavy atom. The Morgan fingerprint density at radius 1 is 1.33 bits per heavy atom. The lowest BCUT2D eigenvalue weighted by Crippen LogP contribution is -2.36. The highest BCUT2D eigenvalue weighted by Gasteiger charge is 2.38. The zero-order valence-corrected chi connectivity index (χ0v) is 17.6. The van der Waals surface area contributed by atoms with Crippen molar-refractivity contribution in [2.24, 2.45) is 13.0 Å². The zero-order valence-electron chi connectivity index (χ0n) is 16.8. The number of aromatic nitrogens is 2. The Balaban J connectivity index is 1.96. The van der Waals surface area contributed by atoms with E-state index in [1.807, 2.05) is 0 Å². The first-order valence-corrected chi connectivity index (χ1v) is 11.3. The molecular formula is C20H23F2N3O4S. The van der Waals surface area contributed by atoms with Crippen molar-refractivity contribution in [3.05, 3.63) is 53.2 Å². The summed E-state index contributed by atoms with van der Waals surface area (Å²) < 4.78 is 57.9. The second-order valence-electron chi connectivity index (χ2n) is 7.45. The van der Waals surface area contributed by atoms with Crippen molar-refractivity contribution in [1.82, 2.24) is 15.1 Å². The molecule has 0 saturated heterocycles. The van der Waals surface area contributed by atoms with Gasteiger partial charge in [-0.3, -0.25) is 9.48 Å². The van der Waals surface area contributed by atoms with Crippen molar-refractivity contribution >= 4 is 15.7 Å². The van der Waals surface area contributed by atoms with E-state index in [0.717, 1.165) is 29.2 Å². The van der Waals surface area contributed by atoms with E-state index in [1.54, 1.807) is 30.3 Å². The van der Waals surface area contributed by atoms with Crippen LogP contribution >= 0.6 is 0 Å².